The van der Waals surface area contributed by atoms with Gasteiger partial charge in [-0.3, -0.25) is 0 Å². The lowest BCUT2D eigenvalue weighted by Crippen LogP contribution is -2.14. The van der Waals surface area contributed by atoms with Crippen molar-refractivity contribution in [3.8, 4) is 5.75 Å². The van der Waals surface area contributed by atoms with E-state index in [0.717, 1.165) is 5.75 Å². The molecule has 0 spiro atoms. The van der Waals surface area contributed by atoms with Gasteiger partial charge in [0.05, 0.1) is 59.5 Å². The van der Waals surface area contributed by atoms with Crippen LogP contribution in [0.3, 0.4) is 0 Å². The van der Waals surface area contributed by atoms with Crippen molar-refractivity contribution in [3.05, 3.63) is 29.3 Å². The van der Waals surface area contributed by atoms with E-state index in [1.807, 2.05) is 12.1 Å². The van der Waals surface area contributed by atoms with Crippen LogP contribution < -0.4 is 4.74 Å². The Morgan fingerprint density at radius 1 is 0.708 bits per heavy atom. The first-order valence-corrected chi connectivity index (χ1v) is 8.36. The Balaban J connectivity index is 1.85. The number of hydrogen-bond acceptors (Lipinski definition) is 6. The summed E-state index contributed by atoms with van der Waals surface area (Å²) in [6.07, 6.45) is 0. The van der Waals surface area contributed by atoms with Crippen molar-refractivity contribution in [3.63, 3.8) is 0 Å². The van der Waals surface area contributed by atoms with Crippen LogP contribution in [0.25, 0.3) is 0 Å². The molecule has 1 aromatic carbocycles. The largest absolute Gasteiger partial charge is 0.491 e. The zero-order valence-electron chi connectivity index (χ0n) is 14.8. The molecule has 0 fully saturated rings. The van der Waals surface area contributed by atoms with Crippen LogP contribution in [0, 0.1) is 13.8 Å². The maximum Gasteiger partial charge on any atom is 0.122 e. The predicted molar refractivity (Wildman–Crippen MR) is 91.8 cm³/mol. The van der Waals surface area contributed by atoms with Crippen LogP contribution >= 0.6 is 0 Å². The number of aliphatic hydroxyl groups excluding tert-OH is 1. The van der Waals surface area contributed by atoms with Gasteiger partial charge < -0.3 is 28.8 Å². The zero-order valence-corrected chi connectivity index (χ0v) is 14.8. The van der Waals surface area contributed by atoms with E-state index in [4.69, 9.17) is 28.8 Å². The van der Waals surface area contributed by atoms with Gasteiger partial charge >= 0.3 is 0 Å². The molecule has 0 aliphatic rings. The highest BCUT2D eigenvalue weighted by molar-refractivity contribution is 5.38. The van der Waals surface area contributed by atoms with Crippen LogP contribution in [0.1, 0.15) is 11.1 Å². The van der Waals surface area contributed by atoms with Gasteiger partial charge in [-0.1, -0.05) is 12.1 Å². The molecule has 0 unspecified atom stereocenters. The summed E-state index contributed by atoms with van der Waals surface area (Å²) >= 11 is 0. The van der Waals surface area contributed by atoms with E-state index < -0.39 is 0 Å². The quantitative estimate of drug-likeness (QED) is 0.490. The van der Waals surface area contributed by atoms with Gasteiger partial charge in [-0.25, -0.2) is 0 Å². The van der Waals surface area contributed by atoms with Crippen molar-refractivity contribution >= 4 is 0 Å². The van der Waals surface area contributed by atoms with Crippen molar-refractivity contribution in [2.45, 2.75) is 13.8 Å². The van der Waals surface area contributed by atoms with E-state index >= 15 is 0 Å². The Kier molecular flexibility index (Phi) is 12.3. The molecule has 1 N–H and O–H groups in total. The van der Waals surface area contributed by atoms with Gasteiger partial charge in [-0.05, 0) is 31.0 Å². The Morgan fingerprint density at radius 3 is 1.75 bits per heavy atom. The molecule has 0 heterocycles. The molecular weight excluding hydrogens is 312 g/mol. The molecule has 24 heavy (non-hydrogen) atoms. The Hall–Kier alpha value is -1.18. The van der Waals surface area contributed by atoms with Gasteiger partial charge in [-0.2, -0.15) is 0 Å². The first-order chi connectivity index (χ1) is 11.8. The number of hydrogen-bond donors (Lipinski definition) is 1. The SMILES string of the molecule is Cc1cccc(OCCOCCOCCOCCOCCO)c1C. The smallest absolute Gasteiger partial charge is 0.122 e. The zero-order chi connectivity index (χ0) is 17.5. The molecule has 0 aliphatic carbocycles. The van der Waals surface area contributed by atoms with Crippen molar-refractivity contribution in [2.24, 2.45) is 0 Å². The monoisotopic (exact) mass is 342 g/mol. The molecule has 138 valence electrons. The molecule has 6 nitrogen and oxygen atoms in total. The van der Waals surface area contributed by atoms with Gasteiger partial charge in [0.2, 0.25) is 0 Å². The number of benzene rings is 1. The third-order valence-corrected chi connectivity index (χ3v) is 3.39. The summed E-state index contributed by atoms with van der Waals surface area (Å²) in [5.74, 6) is 0.912. The Labute approximate surface area is 144 Å². The third-order valence-electron chi connectivity index (χ3n) is 3.39. The highest BCUT2D eigenvalue weighted by Gasteiger charge is 2.01. The summed E-state index contributed by atoms with van der Waals surface area (Å²) in [7, 11) is 0. The summed E-state index contributed by atoms with van der Waals surface area (Å²) in [6, 6.07) is 6.04. The van der Waals surface area contributed by atoms with Gasteiger partial charge in [0.1, 0.15) is 12.4 Å². The molecule has 0 amide bonds. The van der Waals surface area contributed by atoms with Gasteiger partial charge in [-0.15, -0.1) is 0 Å². The molecular formula is C18H30O6. The lowest BCUT2D eigenvalue weighted by Gasteiger charge is -2.11. The lowest BCUT2D eigenvalue weighted by molar-refractivity contribution is -0.00781. The highest BCUT2D eigenvalue weighted by atomic mass is 16.6. The molecule has 0 saturated heterocycles. The molecule has 1 rings (SSSR count). The second kappa shape index (κ2) is 14.2. The van der Waals surface area contributed by atoms with Crippen molar-refractivity contribution in [1.82, 2.24) is 0 Å². The Morgan fingerprint density at radius 2 is 1.21 bits per heavy atom. The molecule has 0 radical (unpaired) electrons. The molecule has 0 aliphatic heterocycles. The van der Waals surface area contributed by atoms with Crippen LogP contribution in [-0.4, -0.2) is 71.2 Å². The average Bonchev–Trinajstić information content (AvgIpc) is 2.58. The fourth-order valence-corrected chi connectivity index (χ4v) is 1.92. The second-order valence-electron chi connectivity index (χ2n) is 5.22. The van der Waals surface area contributed by atoms with Gasteiger partial charge in [0.25, 0.3) is 0 Å². The van der Waals surface area contributed by atoms with E-state index in [9.17, 15) is 0 Å². The van der Waals surface area contributed by atoms with E-state index in [2.05, 4.69) is 19.9 Å². The van der Waals surface area contributed by atoms with Crippen LogP contribution in [0.5, 0.6) is 5.75 Å². The molecule has 0 saturated carbocycles. The molecule has 6 heteroatoms. The molecule has 0 aromatic heterocycles. The molecule has 1 aromatic rings. The van der Waals surface area contributed by atoms with Crippen molar-refractivity contribution in [1.29, 1.82) is 0 Å². The fourth-order valence-electron chi connectivity index (χ4n) is 1.92. The maximum absolute atomic E-state index is 8.52. The van der Waals surface area contributed by atoms with Crippen molar-refractivity contribution in [2.75, 3.05) is 66.1 Å². The number of aliphatic hydroxyl groups is 1. The topological polar surface area (TPSA) is 66.4 Å². The highest BCUT2D eigenvalue weighted by Crippen LogP contribution is 2.20. The first kappa shape index (κ1) is 20.9. The summed E-state index contributed by atoms with van der Waals surface area (Å²) < 4.78 is 26.9. The summed E-state index contributed by atoms with van der Waals surface area (Å²) in [5.41, 5.74) is 2.39. The van der Waals surface area contributed by atoms with Crippen LogP contribution in [0.4, 0.5) is 0 Å². The summed E-state index contributed by atoms with van der Waals surface area (Å²) in [6.45, 7) is 8.71. The minimum absolute atomic E-state index is 0.0404. The van der Waals surface area contributed by atoms with E-state index in [-0.39, 0.29) is 6.61 Å². The second-order valence-corrected chi connectivity index (χ2v) is 5.22. The Bertz CT molecular complexity index is 424. The van der Waals surface area contributed by atoms with E-state index in [1.54, 1.807) is 0 Å². The number of rotatable bonds is 15. The van der Waals surface area contributed by atoms with Gasteiger partial charge in [0, 0.05) is 0 Å². The first-order valence-electron chi connectivity index (χ1n) is 8.36. The van der Waals surface area contributed by atoms with Crippen LogP contribution in [0.15, 0.2) is 18.2 Å². The number of ether oxygens (including phenoxy) is 5. The lowest BCUT2D eigenvalue weighted by atomic mass is 10.1. The molecule has 0 bridgehead atoms. The van der Waals surface area contributed by atoms with Crippen LogP contribution in [0.2, 0.25) is 0 Å². The normalized spacial score (nSPS) is 11.0. The fraction of sp³-hybridized carbons (Fsp3) is 0.667. The van der Waals surface area contributed by atoms with Crippen LogP contribution in [-0.2, 0) is 18.9 Å². The summed E-state index contributed by atoms with van der Waals surface area (Å²) in [4.78, 5) is 0. The molecule has 0 atom stereocenters. The average molecular weight is 342 g/mol. The van der Waals surface area contributed by atoms with E-state index in [0.29, 0.717) is 59.5 Å². The minimum Gasteiger partial charge on any atom is -0.491 e. The van der Waals surface area contributed by atoms with E-state index in [1.165, 1.54) is 11.1 Å². The maximum atomic E-state index is 8.52. The van der Waals surface area contributed by atoms with Crippen molar-refractivity contribution < 1.29 is 28.8 Å². The standard InChI is InChI=1S/C18H30O6/c1-16-4-3-5-18(17(16)2)24-15-14-23-13-12-22-11-10-21-9-8-20-7-6-19/h3-5,19H,6-15H2,1-2H3. The number of aryl methyl sites for hydroxylation is 1. The summed E-state index contributed by atoms with van der Waals surface area (Å²) in [5, 5.41) is 8.52. The third kappa shape index (κ3) is 9.85. The van der Waals surface area contributed by atoms with Gasteiger partial charge in [0.15, 0.2) is 0 Å². The minimum atomic E-state index is 0.0404. The predicted octanol–water partition coefficient (Wildman–Crippen LogP) is 1.74.